The molecule has 0 spiro atoms. The standard InChI is InChI=1S/C12H27N3O2/c1-6-15(10(2)9-14(4)5)8-7-12(3,13)11(16)17/h10H,6-9,13H2,1-5H3,(H,16,17). The number of carboxylic acids is 1. The molecule has 5 heteroatoms. The topological polar surface area (TPSA) is 69.8 Å². The number of hydrogen-bond donors (Lipinski definition) is 2. The Morgan fingerprint density at radius 1 is 1.47 bits per heavy atom. The smallest absolute Gasteiger partial charge is 0.323 e. The molecule has 0 fully saturated rings. The minimum Gasteiger partial charge on any atom is -0.480 e. The van der Waals surface area contributed by atoms with Crippen molar-refractivity contribution < 1.29 is 9.90 Å². The van der Waals surface area contributed by atoms with Crippen molar-refractivity contribution in [2.24, 2.45) is 5.73 Å². The molecule has 0 aliphatic carbocycles. The third-order valence-corrected chi connectivity index (χ3v) is 3.07. The molecule has 5 nitrogen and oxygen atoms in total. The summed E-state index contributed by atoms with van der Waals surface area (Å²) in [6, 6.07) is 0.402. The van der Waals surface area contributed by atoms with Crippen molar-refractivity contribution in [1.82, 2.24) is 9.80 Å². The van der Waals surface area contributed by atoms with Gasteiger partial charge in [0.2, 0.25) is 0 Å². The van der Waals surface area contributed by atoms with Crippen LogP contribution in [0.3, 0.4) is 0 Å². The van der Waals surface area contributed by atoms with Gasteiger partial charge in [-0.25, -0.2) is 0 Å². The van der Waals surface area contributed by atoms with E-state index in [4.69, 9.17) is 10.8 Å². The zero-order valence-electron chi connectivity index (χ0n) is 11.7. The first-order chi connectivity index (χ1) is 7.70. The minimum atomic E-state index is -1.13. The number of carboxylic acid groups (broad SMARTS) is 1. The SMILES string of the molecule is CCN(CCC(C)(N)C(=O)O)C(C)CN(C)C. The van der Waals surface area contributed by atoms with E-state index in [-0.39, 0.29) is 0 Å². The van der Waals surface area contributed by atoms with Crippen LogP contribution in [-0.2, 0) is 4.79 Å². The summed E-state index contributed by atoms with van der Waals surface area (Å²) in [5, 5.41) is 8.96. The van der Waals surface area contributed by atoms with Crippen LogP contribution < -0.4 is 5.73 Å². The highest BCUT2D eigenvalue weighted by molar-refractivity contribution is 5.77. The van der Waals surface area contributed by atoms with Gasteiger partial charge in [-0.05, 0) is 40.9 Å². The van der Waals surface area contributed by atoms with Crippen molar-refractivity contribution in [3.05, 3.63) is 0 Å². The van der Waals surface area contributed by atoms with E-state index in [0.717, 1.165) is 13.1 Å². The van der Waals surface area contributed by atoms with Crippen LogP contribution in [0.4, 0.5) is 0 Å². The summed E-state index contributed by atoms with van der Waals surface area (Å²) in [6.45, 7) is 8.39. The highest BCUT2D eigenvalue weighted by Gasteiger charge is 2.28. The lowest BCUT2D eigenvalue weighted by molar-refractivity contribution is -0.143. The van der Waals surface area contributed by atoms with E-state index >= 15 is 0 Å². The lowest BCUT2D eigenvalue weighted by atomic mass is 9.99. The Labute approximate surface area is 105 Å². The van der Waals surface area contributed by atoms with Gasteiger partial charge in [-0.3, -0.25) is 9.69 Å². The highest BCUT2D eigenvalue weighted by Crippen LogP contribution is 2.09. The molecule has 0 bridgehead atoms. The molecule has 0 amide bonds. The molecule has 3 N–H and O–H groups in total. The molecule has 2 unspecified atom stereocenters. The third-order valence-electron chi connectivity index (χ3n) is 3.07. The summed E-state index contributed by atoms with van der Waals surface area (Å²) < 4.78 is 0. The average Bonchev–Trinajstić information content (AvgIpc) is 2.16. The van der Waals surface area contributed by atoms with E-state index in [9.17, 15) is 4.79 Å². The van der Waals surface area contributed by atoms with E-state index < -0.39 is 11.5 Å². The number of rotatable bonds is 8. The van der Waals surface area contributed by atoms with Gasteiger partial charge in [-0.15, -0.1) is 0 Å². The van der Waals surface area contributed by atoms with E-state index in [1.165, 1.54) is 0 Å². The quantitative estimate of drug-likeness (QED) is 0.650. The summed E-state index contributed by atoms with van der Waals surface area (Å²) >= 11 is 0. The van der Waals surface area contributed by atoms with Gasteiger partial charge in [-0.2, -0.15) is 0 Å². The first kappa shape index (κ1) is 16.4. The zero-order chi connectivity index (χ0) is 13.6. The molecule has 0 saturated heterocycles. The predicted octanol–water partition coefficient (Wildman–Crippen LogP) is 0.451. The fourth-order valence-corrected chi connectivity index (χ4v) is 1.82. The van der Waals surface area contributed by atoms with Crippen LogP contribution in [0.25, 0.3) is 0 Å². The molecule has 17 heavy (non-hydrogen) atoms. The second-order valence-electron chi connectivity index (χ2n) is 5.21. The maximum Gasteiger partial charge on any atom is 0.323 e. The maximum atomic E-state index is 10.9. The summed E-state index contributed by atoms with van der Waals surface area (Å²) in [5.74, 6) is -0.936. The van der Waals surface area contributed by atoms with E-state index in [2.05, 4.69) is 23.6 Å². The lowest BCUT2D eigenvalue weighted by Gasteiger charge is -2.32. The molecular formula is C12H27N3O2. The number of hydrogen-bond acceptors (Lipinski definition) is 4. The largest absolute Gasteiger partial charge is 0.480 e. The Morgan fingerprint density at radius 3 is 2.35 bits per heavy atom. The van der Waals surface area contributed by atoms with Crippen LogP contribution in [0.1, 0.15) is 27.2 Å². The van der Waals surface area contributed by atoms with E-state index in [0.29, 0.717) is 19.0 Å². The molecule has 0 rings (SSSR count). The van der Waals surface area contributed by atoms with Crippen molar-refractivity contribution in [1.29, 1.82) is 0 Å². The number of nitrogens with zero attached hydrogens (tertiary/aromatic N) is 2. The van der Waals surface area contributed by atoms with Gasteiger partial charge in [-0.1, -0.05) is 6.92 Å². The summed E-state index contributed by atoms with van der Waals surface area (Å²) in [4.78, 5) is 15.3. The van der Waals surface area contributed by atoms with Gasteiger partial charge in [0, 0.05) is 19.1 Å². The van der Waals surface area contributed by atoms with Crippen molar-refractivity contribution in [2.75, 3.05) is 33.7 Å². The van der Waals surface area contributed by atoms with E-state index in [1.807, 2.05) is 14.1 Å². The first-order valence-corrected chi connectivity index (χ1v) is 6.11. The molecule has 0 aromatic carbocycles. The van der Waals surface area contributed by atoms with Crippen molar-refractivity contribution in [3.8, 4) is 0 Å². The molecule has 0 radical (unpaired) electrons. The normalized spacial score (nSPS) is 17.2. The maximum absolute atomic E-state index is 10.9. The third kappa shape index (κ3) is 6.00. The Balaban J connectivity index is 4.27. The fourth-order valence-electron chi connectivity index (χ4n) is 1.82. The fraction of sp³-hybridized carbons (Fsp3) is 0.917. The van der Waals surface area contributed by atoms with E-state index in [1.54, 1.807) is 6.92 Å². The van der Waals surface area contributed by atoms with Crippen molar-refractivity contribution in [3.63, 3.8) is 0 Å². The first-order valence-electron chi connectivity index (χ1n) is 6.11. The van der Waals surface area contributed by atoms with Gasteiger partial charge in [0.15, 0.2) is 0 Å². The average molecular weight is 245 g/mol. The molecule has 2 atom stereocenters. The Bertz CT molecular complexity index is 242. The van der Waals surface area contributed by atoms with Gasteiger partial charge >= 0.3 is 5.97 Å². The summed E-state index contributed by atoms with van der Waals surface area (Å²) in [6.07, 6.45) is 0.466. The van der Waals surface area contributed by atoms with Crippen LogP contribution >= 0.6 is 0 Å². The monoisotopic (exact) mass is 245 g/mol. The summed E-state index contributed by atoms with van der Waals surface area (Å²) in [7, 11) is 4.07. The van der Waals surface area contributed by atoms with Crippen LogP contribution in [0, 0.1) is 0 Å². The summed E-state index contributed by atoms with van der Waals surface area (Å²) in [5.41, 5.74) is 4.59. The Morgan fingerprint density at radius 2 is 2.00 bits per heavy atom. The van der Waals surface area contributed by atoms with Crippen molar-refractivity contribution >= 4 is 5.97 Å². The molecule has 0 aromatic rings. The molecule has 102 valence electrons. The van der Waals surface area contributed by atoms with Gasteiger partial charge in [0.05, 0.1) is 0 Å². The molecule has 0 saturated carbocycles. The molecular weight excluding hydrogens is 218 g/mol. The lowest BCUT2D eigenvalue weighted by Crippen LogP contribution is -2.49. The number of likely N-dealkylation sites (N-methyl/N-ethyl adjacent to an activating group) is 2. The Kier molecular flexibility index (Phi) is 6.67. The van der Waals surface area contributed by atoms with Crippen molar-refractivity contribution in [2.45, 2.75) is 38.8 Å². The second kappa shape index (κ2) is 6.93. The number of carbonyl (C=O) groups is 1. The minimum absolute atomic E-state index is 0.402. The van der Waals surface area contributed by atoms with Crippen LogP contribution in [0.5, 0.6) is 0 Å². The highest BCUT2D eigenvalue weighted by atomic mass is 16.4. The van der Waals surface area contributed by atoms with Gasteiger partial charge in [0.25, 0.3) is 0 Å². The Hall–Kier alpha value is -0.650. The predicted molar refractivity (Wildman–Crippen MR) is 70.1 cm³/mol. The van der Waals surface area contributed by atoms with Gasteiger partial charge in [0.1, 0.15) is 5.54 Å². The van der Waals surface area contributed by atoms with Gasteiger partial charge < -0.3 is 15.7 Å². The molecule has 0 aliphatic rings. The van der Waals surface area contributed by atoms with Crippen LogP contribution in [0.2, 0.25) is 0 Å². The molecule has 0 aromatic heterocycles. The molecule has 0 aliphatic heterocycles. The number of nitrogens with two attached hydrogens (primary N) is 1. The molecule has 0 heterocycles. The van der Waals surface area contributed by atoms with Crippen LogP contribution in [-0.4, -0.2) is 66.2 Å². The number of aliphatic carboxylic acids is 1. The second-order valence-corrected chi connectivity index (χ2v) is 5.21. The zero-order valence-corrected chi connectivity index (χ0v) is 11.7. The van der Waals surface area contributed by atoms with Crippen LogP contribution in [0.15, 0.2) is 0 Å².